The lowest BCUT2D eigenvalue weighted by Crippen LogP contribution is -2.30. The van der Waals surface area contributed by atoms with Crippen LogP contribution in [0.5, 0.6) is 0 Å². The molecule has 0 bridgehead atoms. The summed E-state index contributed by atoms with van der Waals surface area (Å²) in [6.07, 6.45) is 0.240. The summed E-state index contributed by atoms with van der Waals surface area (Å²) in [6.45, 7) is 1.77. The molecule has 0 fully saturated rings. The Morgan fingerprint density at radius 1 is 1.19 bits per heavy atom. The highest BCUT2D eigenvalue weighted by Crippen LogP contribution is 2.14. The summed E-state index contributed by atoms with van der Waals surface area (Å²) in [5, 5.41) is 7.69. The number of hydrogen-bond acceptors (Lipinski definition) is 4. The van der Waals surface area contributed by atoms with Gasteiger partial charge >= 0.3 is 0 Å². The van der Waals surface area contributed by atoms with Crippen LogP contribution >= 0.6 is 0 Å². The maximum Gasteiger partial charge on any atom is 0.236 e. The zero-order chi connectivity index (χ0) is 15.5. The first-order valence-corrected chi connectivity index (χ1v) is 8.01. The van der Waals surface area contributed by atoms with Gasteiger partial charge in [-0.05, 0) is 43.2 Å². The number of benzene rings is 1. The largest absolute Gasteiger partial charge is 0.255 e. The van der Waals surface area contributed by atoms with E-state index < -0.39 is 10.0 Å². The summed E-state index contributed by atoms with van der Waals surface area (Å²) in [6, 6.07) is 9.22. The SMILES string of the molecule is Cc1ccc(N(C)S(=O)(=O)CCc2cccc(F)c2)nn1. The van der Waals surface area contributed by atoms with Gasteiger partial charge in [-0.1, -0.05) is 12.1 Å². The highest BCUT2D eigenvalue weighted by molar-refractivity contribution is 7.92. The van der Waals surface area contributed by atoms with Gasteiger partial charge in [0.2, 0.25) is 10.0 Å². The fourth-order valence-electron chi connectivity index (χ4n) is 1.78. The molecule has 0 saturated heterocycles. The van der Waals surface area contributed by atoms with Crippen molar-refractivity contribution >= 4 is 15.8 Å². The molecule has 0 atom stereocenters. The standard InChI is InChI=1S/C14H16FN3O2S/c1-11-6-7-14(17-16-11)18(2)21(19,20)9-8-12-4-3-5-13(15)10-12/h3-7,10H,8-9H2,1-2H3. The first kappa shape index (κ1) is 15.4. The van der Waals surface area contributed by atoms with Gasteiger partial charge in [0.05, 0.1) is 11.4 Å². The average molecular weight is 309 g/mol. The topological polar surface area (TPSA) is 63.2 Å². The Hall–Kier alpha value is -2.02. The van der Waals surface area contributed by atoms with E-state index >= 15 is 0 Å². The van der Waals surface area contributed by atoms with Crippen LogP contribution in [0, 0.1) is 12.7 Å². The predicted octanol–water partition coefficient (Wildman–Crippen LogP) is 1.93. The van der Waals surface area contributed by atoms with Crippen molar-refractivity contribution in [2.24, 2.45) is 0 Å². The van der Waals surface area contributed by atoms with Crippen LogP contribution in [0.3, 0.4) is 0 Å². The van der Waals surface area contributed by atoms with Crippen molar-refractivity contribution in [2.45, 2.75) is 13.3 Å². The third kappa shape index (κ3) is 3.98. The van der Waals surface area contributed by atoms with E-state index in [9.17, 15) is 12.8 Å². The van der Waals surface area contributed by atoms with Crippen molar-refractivity contribution in [2.75, 3.05) is 17.1 Å². The van der Waals surface area contributed by atoms with E-state index in [4.69, 9.17) is 0 Å². The maximum atomic E-state index is 13.1. The summed E-state index contributed by atoms with van der Waals surface area (Å²) in [4.78, 5) is 0. The van der Waals surface area contributed by atoms with Crippen LogP contribution in [0.25, 0.3) is 0 Å². The van der Waals surface area contributed by atoms with Gasteiger partial charge in [-0.3, -0.25) is 4.31 Å². The fraction of sp³-hybridized carbons (Fsp3) is 0.286. The Labute approximate surface area is 123 Å². The van der Waals surface area contributed by atoms with Gasteiger partial charge in [0.15, 0.2) is 5.82 Å². The second-order valence-electron chi connectivity index (χ2n) is 4.70. The number of aromatic nitrogens is 2. The van der Waals surface area contributed by atoms with E-state index in [1.54, 1.807) is 31.2 Å². The number of aryl methyl sites for hydroxylation is 2. The van der Waals surface area contributed by atoms with Crippen LogP contribution in [0.2, 0.25) is 0 Å². The van der Waals surface area contributed by atoms with Gasteiger partial charge in [0.25, 0.3) is 0 Å². The number of sulfonamides is 1. The molecule has 0 spiro atoms. The number of hydrogen-bond donors (Lipinski definition) is 0. The lowest BCUT2D eigenvalue weighted by atomic mass is 10.2. The Kier molecular flexibility index (Phi) is 4.52. The minimum atomic E-state index is -3.53. The lowest BCUT2D eigenvalue weighted by molar-refractivity contribution is 0.592. The number of halogens is 1. The van der Waals surface area contributed by atoms with Crippen molar-refractivity contribution in [1.29, 1.82) is 0 Å². The fourth-order valence-corrected chi connectivity index (χ4v) is 2.93. The van der Waals surface area contributed by atoms with Crippen molar-refractivity contribution < 1.29 is 12.8 Å². The summed E-state index contributed by atoms with van der Waals surface area (Å²) in [5.74, 6) is -0.231. The van der Waals surface area contributed by atoms with Crippen molar-refractivity contribution in [3.05, 3.63) is 53.5 Å². The molecule has 21 heavy (non-hydrogen) atoms. The van der Waals surface area contributed by atoms with Gasteiger partial charge in [-0.2, -0.15) is 5.10 Å². The molecule has 5 nitrogen and oxygen atoms in total. The van der Waals surface area contributed by atoms with Gasteiger partial charge < -0.3 is 0 Å². The Bertz CT molecular complexity index is 717. The van der Waals surface area contributed by atoms with Crippen LogP contribution in [0.4, 0.5) is 10.2 Å². The molecule has 0 amide bonds. The predicted molar refractivity (Wildman–Crippen MR) is 79.1 cm³/mol. The van der Waals surface area contributed by atoms with Crippen LogP contribution in [0.1, 0.15) is 11.3 Å². The maximum absolute atomic E-state index is 13.1. The molecule has 2 rings (SSSR count). The average Bonchev–Trinajstić information content (AvgIpc) is 2.45. The Balaban J connectivity index is 2.09. The zero-order valence-electron chi connectivity index (χ0n) is 11.8. The Morgan fingerprint density at radius 3 is 2.57 bits per heavy atom. The zero-order valence-corrected chi connectivity index (χ0v) is 12.6. The van der Waals surface area contributed by atoms with Crippen LogP contribution in [-0.2, 0) is 16.4 Å². The van der Waals surface area contributed by atoms with E-state index in [2.05, 4.69) is 10.2 Å². The molecule has 1 aromatic carbocycles. The molecule has 0 radical (unpaired) electrons. The Morgan fingerprint density at radius 2 is 1.95 bits per heavy atom. The van der Waals surface area contributed by atoms with Crippen molar-refractivity contribution in [1.82, 2.24) is 10.2 Å². The molecule has 0 saturated carbocycles. The normalized spacial score (nSPS) is 11.4. The van der Waals surface area contributed by atoms with Gasteiger partial charge in [0, 0.05) is 7.05 Å². The second kappa shape index (κ2) is 6.17. The first-order valence-electron chi connectivity index (χ1n) is 6.40. The molecular weight excluding hydrogens is 293 g/mol. The third-order valence-corrected chi connectivity index (χ3v) is 4.80. The molecule has 1 aromatic heterocycles. The van der Waals surface area contributed by atoms with Crippen molar-refractivity contribution in [3.63, 3.8) is 0 Å². The van der Waals surface area contributed by atoms with Gasteiger partial charge in [-0.15, -0.1) is 5.10 Å². The highest BCUT2D eigenvalue weighted by atomic mass is 32.2. The molecule has 0 unspecified atom stereocenters. The minimum absolute atomic E-state index is 0.123. The van der Waals surface area contributed by atoms with E-state index in [1.165, 1.54) is 19.2 Å². The molecule has 2 aromatic rings. The molecule has 7 heteroatoms. The second-order valence-corrected chi connectivity index (χ2v) is 6.82. The molecule has 0 aliphatic carbocycles. The summed E-state index contributed by atoms with van der Waals surface area (Å²) < 4.78 is 38.6. The van der Waals surface area contributed by atoms with E-state index in [0.717, 1.165) is 4.31 Å². The van der Waals surface area contributed by atoms with E-state index in [1.807, 2.05) is 0 Å². The van der Waals surface area contributed by atoms with E-state index in [0.29, 0.717) is 11.3 Å². The summed E-state index contributed by atoms with van der Waals surface area (Å²) in [7, 11) is -2.10. The van der Waals surface area contributed by atoms with Gasteiger partial charge in [0.1, 0.15) is 5.82 Å². The van der Waals surface area contributed by atoms with Gasteiger partial charge in [-0.25, -0.2) is 12.8 Å². The number of anilines is 1. The molecular formula is C14H16FN3O2S. The van der Waals surface area contributed by atoms with Crippen LogP contribution in [0.15, 0.2) is 36.4 Å². The highest BCUT2D eigenvalue weighted by Gasteiger charge is 2.19. The van der Waals surface area contributed by atoms with Crippen LogP contribution in [-0.4, -0.2) is 31.4 Å². The third-order valence-electron chi connectivity index (χ3n) is 3.06. The summed E-state index contributed by atoms with van der Waals surface area (Å²) in [5.41, 5.74) is 1.35. The monoisotopic (exact) mass is 309 g/mol. The van der Waals surface area contributed by atoms with Crippen molar-refractivity contribution in [3.8, 4) is 0 Å². The molecule has 0 aliphatic rings. The quantitative estimate of drug-likeness (QED) is 0.846. The number of nitrogens with zero attached hydrogens (tertiary/aromatic N) is 3. The smallest absolute Gasteiger partial charge is 0.236 e. The molecule has 0 aliphatic heterocycles. The van der Waals surface area contributed by atoms with Crippen LogP contribution < -0.4 is 4.31 Å². The molecule has 1 heterocycles. The first-order chi connectivity index (χ1) is 9.88. The molecule has 0 N–H and O–H groups in total. The lowest BCUT2D eigenvalue weighted by Gasteiger charge is -2.17. The van der Waals surface area contributed by atoms with E-state index in [-0.39, 0.29) is 23.8 Å². The summed E-state index contributed by atoms with van der Waals surface area (Å²) >= 11 is 0. The number of rotatable bonds is 5. The minimum Gasteiger partial charge on any atom is -0.255 e. The molecule has 112 valence electrons.